The Hall–Kier alpha value is -7.03. The molecule has 0 saturated heterocycles. The van der Waals surface area contributed by atoms with Gasteiger partial charge in [-0.2, -0.15) is 0 Å². The number of hydrogen-bond acceptors (Lipinski definition) is 17. The minimum Gasteiger partial charge on any atom is -0.379 e. The second-order valence-electron chi connectivity index (χ2n) is 20.4. The fourth-order valence-corrected chi connectivity index (χ4v) is 9.12. The average Bonchev–Trinajstić information content (AvgIpc) is 3.73. The molecule has 6 rings (SSSR count). The highest BCUT2D eigenvalue weighted by Gasteiger charge is 2.31. The molecule has 0 unspecified atom stereocenters. The summed E-state index contributed by atoms with van der Waals surface area (Å²) in [6.07, 6.45) is 0.271. The SMILES string of the molecule is NCCOCCOCCOCCOCCOCCOCCC(=O)N[C@@H](Cc1ccc2ccccc2c1)C(=O)N[C@@H](Cc1ccc2ccccc2c1)C(=O)N[C@@H](Cc1ccc2ccccc2c1)C(=O)NCCOCCOCCOCCOCCOCC(N)=O. The van der Waals surface area contributed by atoms with Gasteiger partial charge in [-0.15, -0.1) is 0 Å². The zero-order valence-electron chi connectivity index (χ0n) is 50.3. The van der Waals surface area contributed by atoms with E-state index in [0.717, 1.165) is 49.0 Å². The number of fused-ring (bicyclic) bond motifs is 3. The predicted molar refractivity (Wildman–Crippen MR) is 334 cm³/mol. The maximum absolute atomic E-state index is 14.9. The van der Waals surface area contributed by atoms with Crippen molar-refractivity contribution in [1.29, 1.82) is 0 Å². The first-order valence-electron chi connectivity index (χ1n) is 30.1. The van der Waals surface area contributed by atoms with Crippen LogP contribution in [0.15, 0.2) is 127 Å². The van der Waals surface area contributed by atoms with E-state index in [9.17, 15) is 24.0 Å². The van der Waals surface area contributed by atoms with E-state index in [-0.39, 0.29) is 78.5 Å². The van der Waals surface area contributed by atoms with Gasteiger partial charge in [-0.1, -0.05) is 127 Å². The standard InChI is InChI=1S/C66H88N6O16/c67-20-23-79-26-29-82-32-35-85-38-37-84-34-31-81-28-25-78-22-19-63(74)70-60(47-51-14-17-54-8-2-5-11-57(54)44-51)65(76)72-61(48-52-15-18-55-9-3-6-12-58(55)45-52)66(77)71-59(46-50-13-16-53-7-1-4-10-56(53)43-50)64(75)69-21-24-80-27-30-83-33-36-86-39-40-87-41-42-88-49-62(68)73/h1-18,43-45,59-61H,19-42,46-49,67H2,(H2,68,73)(H,69,75)(H,70,74)(H,71,77)(H,72,76)/t59-,60-,61-/m0/s1. The van der Waals surface area contributed by atoms with Crippen molar-refractivity contribution < 1.29 is 76.1 Å². The number of hydrogen-bond donors (Lipinski definition) is 6. The van der Waals surface area contributed by atoms with Crippen molar-refractivity contribution in [2.75, 3.05) is 158 Å². The third kappa shape index (κ3) is 28.4. The average molecular weight is 1220 g/mol. The van der Waals surface area contributed by atoms with Crippen LogP contribution in [0, 0.1) is 0 Å². The van der Waals surface area contributed by atoms with Crippen LogP contribution in [0.5, 0.6) is 0 Å². The van der Waals surface area contributed by atoms with Gasteiger partial charge in [-0.3, -0.25) is 24.0 Å². The lowest BCUT2D eigenvalue weighted by atomic mass is 9.98. The van der Waals surface area contributed by atoms with Crippen molar-refractivity contribution in [3.05, 3.63) is 144 Å². The van der Waals surface area contributed by atoms with Crippen molar-refractivity contribution in [3.63, 3.8) is 0 Å². The van der Waals surface area contributed by atoms with E-state index in [1.165, 1.54) is 0 Å². The van der Waals surface area contributed by atoms with Gasteiger partial charge < -0.3 is 84.8 Å². The van der Waals surface area contributed by atoms with Gasteiger partial charge in [0.05, 0.1) is 139 Å². The lowest BCUT2D eigenvalue weighted by Crippen LogP contribution is -2.58. The lowest BCUT2D eigenvalue weighted by molar-refractivity contribution is -0.134. The molecule has 0 aliphatic heterocycles. The van der Waals surface area contributed by atoms with Crippen molar-refractivity contribution in [2.45, 2.75) is 43.8 Å². The first-order valence-corrected chi connectivity index (χ1v) is 30.1. The van der Waals surface area contributed by atoms with Gasteiger partial charge in [-0.25, -0.2) is 0 Å². The first kappa shape index (κ1) is 70.1. The maximum Gasteiger partial charge on any atom is 0.243 e. The van der Waals surface area contributed by atoms with Crippen LogP contribution in [0.3, 0.4) is 0 Å². The Bertz CT molecular complexity index is 2990. The third-order valence-corrected chi connectivity index (χ3v) is 13.6. The molecule has 0 aromatic heterocycles. The summed E-state index contributed by atoms with van der Waals surface area (Å²) >= 11 is 0. The topological polar surface area (TPSA) is 287 Å². The molecule has 478 valence electrons. The molecule has 5 amide bonds. The van der Waals surface area contributed by atoms with E-state index in [1.807, 2.05) is 127 Å². The number of carbonyl (C=O) groups is 5. The summed E-state index contributed by atoms with van der Waals surface area (Å²) < 4.78 is 60.4. The highest BCUT2D eigenvalue weighted by molar-refractivity contribution is 5.95. The van der Waals surface area contributed by atoms with Crippen molar-refractivity contribution in [3.8, 4) is 0 Å². The number of primary amides is 1. The highest BCUT2D eigenvalue weighted by atomic mass is 16.6. The molecular formula is C66H88N6O16. The van der Waals surface area contributed by atoms with Gasteiger partial charge in [0.1, 0.15) is 24.7 Å². The molecular weight excluding hydrogens is 1130 g/mol. The minimum atomic E-state index is -1.19. The summed E-state index contributed by atoms with van der Waals surface area (Å²) in [5, 5.41) is 17.8. The fourth-order valence-electron chi connectivity index (χ4n) is 9.12. The number of carbonyl (C=O) groups excluding carboxylic acids is 5. The van der Waals surface area contributed by atoms with Crippen molar-refractivity contribution in [1.82, 2.24) is 21.3 Å². The van der Waals surface area contributed by atoms with Gasteiger partial charge in [0.2, 0.25) is 29.5 Å². The van der Waals surface area contributed by atoms with Crippen LogP contribution in [0.1, 0.15) is 23.1 Å². The van der Waals surface area contributed by atoms with Gasteiger partial charge in [0.15, 0.2) is 0 Å². The number of ether oxygens (including phenoxy) is 11. The molecule has 6 aromatic rings. The van der Waals surface area contributed by atoms with Gasteiger partial charge in [0, 0.05) is 38.8 Å². The van der Waals surface area contributed by atoms with Crippen LogP contribution in [-0.4, -0.2) is 206 Å². The normalized spacial score (nSPS) is 12.5. The molecule has 0 saturated carbocycles. The number of nitrogens with two attached hydrogens (primary N) is 2. The smallest absolute Gasteiger partial charge is 0.243 e. The van der Waals surface area contributed by atoms with Crippen LogP contribution >= 0.6 is 0 Å². The highest BCUT2D eigenvalue weighted by Crippen LogP contribution is 2.20. The number of nitrogens with one attached hydrogen (secondary N) is 4. The molecule has 3 atom stereocenters. The second-order valence-corrected chi connectivity index (χ2v) is 20.4. The number of rotatable bonds is 49. The van der Waals surface area contributed by atoms with Crippen LogP contribution in [0.4, 0.5) is 0 Å². The Morgan fingerprint density at radius 3 is 1.01 bits per heavy atom. The molecule has 0 bridgehead atoms. The predicted octanol–water partition coefficient (Wildman–Crippen LogP) is 3.76. The molecule has 22 heteroatoms. The first-order chi connectivity index (χ1) is 43.1. The molecule has 0 aliphatic rings. The Morgan fingerprint density at radius 2 is 0.648 bits per heavy atom. The summed E-state index contributed by atoms with van der Waals surface area (Å²) in [4.78, 5) is 68.5. The maximum atomic E-state index is 14.9. The van der Waals surface area contributed by atoms with E-state index in [0.29, 0.717) is 106 Å². The summed E-state index contributed by atoms with van der Waals surface area (Å²) in [6, 6.07) is 37.8. The van der Waals surface area contributed by atoms with Crippen molar-refractivity contribution >= 4 is 61.9 Å². The Morgan fingerprint density at radius 1 is 0.341 bits per heavy atom. The second kappa shape index (κ2) is 42.8. The van der Waals surface area contributed by atoms with E-state index < -0.39 is 47.7 Å². The van der Waals surface area contributed by atoms with Crippen LogP contribution in [-0.2, 0) is 95.3 Å². The molecule has 0 spiro atoms. The minimum absolute atomic E-state index is 0.0445. The largest absolute Gasteiger partial charge is 0.379 e. The van der Waals surface area contributed by atoms with Gasteiger partial charge in [-0.05, 0) is 49.0 Å². The molecule has 22 nitrogen and oxygen atoms in total. The summed E-state index contributed by atoms with van der Waals surface area (Å²) in [5.74, 6) is -2.59. The Kier molecular flexibility index (Phi) is 34.1. The van der Waals surface area contributed by atoms with E-state index >= 15 is 0 Å². The summed E-state index contributed by atoms with van der Waals surface area (Å²) in [7, 11) is 0. The Balaban J connectivity index is 1.04. The molecule has 0 aliphatic carbocycles. The van der Waals surface area contributed by atoms with Gasteiger partial charge >= 0.3 is 0 Å². The molecule has 0 heterocycles. The van der Waals surface area contributed by atoms with Crippen LogP contribution in [0.2, 0.25) is 0 Å². The summed E-state index contributed by atoms with van der Waals surface area (Å²) in [5.41, 5.74) is 12.8. The molecule has 0 fully saturated rings. The van der Waals surface area contributed by atoms with E-state index in [4.69, 9.17) is 63.6 Å². The molecule has 8 N–H and O–H groups in total. The van der Waals surface area contributed by atoms with E-state index in [2.05, 4.69) is 21.3 Å². The zero-order valence-corrected chi connectivity index (χ0v) is 50.3. The fraction of sp³-hybridized carbons (Fsp3) is 0.470. The van der Waals surface area contributed by atoms with E-state index in [1.54, 1.807) is 0 Å². The monoisotopic (exact) mass is 1220 g/mol. The Labute approximate surface area is 515 Å². The van der Waals surface area contributed by atoms with Crippen molar-refractivity contribution in [2.24, 2.45) is 11.5 Å². The zero-order chi connectivity index (χ0) is 62.1. The molecule has 6 aromatic carbocycles. The van der Waals surface area contributed by atoms with Crippen LogP contribution in [0.25, 0.3) is 32.3 Å². The molecule has 88 heavy (non-hydrogen) atoms. The number of benzene rings is 6. The van der Waals surface area contributed by atoms with Crippen LogP contribution < -0.4 is 32.7 Å². The quantitative estimate of drug-likeness (QED) is 0.0297. The number of amides is 5. The summed E-state index contributed by atoms with van der Waals surface area (Å²) in [6.45, 7) is 7.79. The lowest BCUT2D eigenvalue weighted by Gasteiger charge is -2.26. The third-order valence-electron chi connectivity index (χ3n) is 13.6. The molecule has 0 radical (unpaired) electrons. The van der Waals surface area contributed by atoms with Gasteiger partial charge in [0.25, 0.3) is 0 Å².